The third-order valence-electron chi connectivity index (χ3n) is 4.31. The van der Waals surface area contributed by atoms with E-state index in [1.807, 2.05) is 16.3 Å². The molecule has 1 fully saturated rings. The molecule has 0 atom stereocenters. The molecule has 0 spiro atoms. The molecule has 0 amide bonds. The lowest BCUT2D eigenvalue weighted by Crippen LogP contribution is -2.38. The molecule has 114 valence electrons. The number of nitrogens with zero attached hydrogens (tertiary/aromatic N) is 2. The fourth-order valence-corrected chi connectivity index (χ4v) is 4.06. The Balaban J connectivity index is 2.11. The van der Waals surface area contributed by atoms with E-state index in [-0.39, 0.29) is 10.3 Å². The molecule has 2 nitrogen and oxygen atoms in total. The van der Waals surface area contributed by atoms with Crippen LogP contribution in [-0.4, -0.2) is 26.4 Å². The Morgan fingerprint density at radius 3 is 2.71 bits per heavy atom. The highest BCUT2D eigenvalue weighted by Gasteiger charge is 2.37. The second-order valence-electron chi connectivity index (χ2n) is 5.55. The summed E-state index contributed by atoms with van der Waals surface area (Å²) in [6.45, 7) is 0.736. The van der Waals surface area contributed by atoms with Crippen molar-refractivity contribution in [2.45, 2.75) is 37.0 Å². The van der Waals surface area contributed by atoms with E-state index in [4.69, 9.17) is 11.6 Å². The molecule has 3 rings (SSSR count). The fraction of sp³-hybridized carbons (Fsp3) is 0.533. The van der Waals surface area contributed by atoms with Crippen molar-refractivity contribution in [3.05, 3.63) is 29.6 Å². The SMILES string of the molecule is CSC1(Cn2c(CCCl)nc3c(F)cc(F)cc32)CCC1. The molecule has 6 heteroatoms. The first-order valence-corrected chi connectivity index (χ1v) is 8.80. The lowest BCUT2D eigenvalue weighted by Gasteiger charge is -2.41. The van der Waals surface area contributed by atoms with E-state index in [2.05, 4.69) is 11.2 Å². The van der Waals surface area contributed by atoms with Gasteiger partial charge in [-0.15, -0.1) is 11.6 Å². The molecule has 1 aromatic carbocycles. The standard InChI is InChI=1S/C15H17ClF2N2S/c1-21-15(4-2-5-15)9-20-12-8-10(17)7-11(18)14(12)19-13(20)3-6-16/h7-8H,2-6,9H2,1H3. The molecular weight excluding hydrogens is 314 g/mol. The van der Waals surface area contributed by atoms with Gasteiger partial charge in [0, 0.05) is 29.7 Å². The molecular formula is C15H17ClF2N2S. The summed E-state index contributed by atoms with van der Waals surface area (Å²) in [5, 5.41) is 0. The minimum atomic E-state index is -0.605. The minimum Gasteiger partial charge on any atom is -0.326 e. The number of aromatic nitrogens is 2. The van der Waals surface area contributed by atoms with Crippen LogP contribution in [-0.2, 0) is 13.0 Å². The van der Waals surface area contributed by atoms with Gasteiger partial charge in [-0.1, -0.05) is 6.42 Å². The monoisotopic (exact) mass is 330 g/mol. The maximum Gasteiger partial charge on any atom is 0.153 e. The van der Waals surface area contributed by atoms with Crippen LogP contribution < -0.4 is 0 Å². The highest BCUT2D eigenvalue weighted by atomic mass is 35.5. The second-order valence-corrected chi connectivity index (χ2v) is 7.20. The van der Waals surface area contributed by atoms with Gasteiger partial charge in [0.25, 0.3) is 0 Å². The Morgan fingerprint density at radius 2 is 2.14 bits per heavy atom. The molecule has 21 heavy (non-hydrogen) atoms. The lowest BCUT2D eigenvalue weighted by atomic mass is 9.84. The van der Waals surface area contributed by atoms with Crippen LogP contribution in [0.15, 0.2) is 12.1 Å². The molecule has 0 unspecified atom stereocenters. The average Bonchev–Trinajstić information content (AvgIpc) is 2.73. The van der Waals surface area contributed by atoms with Crippen LogP contribution in [0.1, 0.15) is 25.1 Å². The van der Waals surface area contributed by atoms with E-state index in [0.717, 1.165) is 31.3 Å². The highest BCUT2D eigenvalue weighted by molar-refractivity contribution is 8.00. The Hall–Kier alpha value is -0.810. The van der Waals surface area contributed by atoms with E-state index in [1.54, 1.807) is 0 Å². The number of aryl methyl sites for hydroxylation is 1. The van der Waals surface area contributed by atoms with Gasteiger partial charge in [0.1, 0.15) is 17.2 Å². The molecule has 1 heterocycles. The van der Waals surface area contributed by atoms with Gasteiger partial charge >= 0.3 is 0 Å². The maximum atomic E-state index is 13.9. The van der Waals surface area contributed by atoms with Crippen LogP contribution >= 0.6 is 23.4 Å². The molecule has 0 aliphatic heterocycles. The van der Waals surface area contributed by atoms with Gasteiger partial charge in [-0.25, -0.2) is 13.8 Å². The Morgan fingerprint density at radius 1 is 1.38 bits per heavy atom. The van der Waals surface area contributed by atoms with Crippen molar-refractivity contribution in [3.63, 3.8) is 0 Å². The molecule has 1 aromatic heterocycles. The normalized spacial score (nSPS) is 17.1. The van der Waals surface area contributed by atoms with Gasteiger partial charge in [0.05, 0.1) is 5.52 Å². The van der Waals surface area contributed by atoms with Crippen molar-refractivity contribution < 1.29 is 8.78 Å². The minimum absolute atomic E-state index is 0.164. The van der Waals surface area contributed by atoms with Gasteiger partial charge in [-0.05, 0) is 25.2 Å². The van der Waals surface area contributed by atoms with Crippen molar-refractivity contribution in [1.82, 2.24) is 9.55 Å². The molecule has 1 saturated carbocycles. The van der Waals surface area contributed by atoms with Crippen LogP contribution in [0.5, 0.6) is 0 Å². The van der Waals surface area contributed by atoms with Crippen molar-refractivity contribution >= 4 is 34.4 Å². The van der Waals surface area contributed by atoms with E-state index in [0.29, 0.717) is 17.8 Å². The highest BCUT2D eigenvalue weighted by Crippen LogP contribution is 2.44. The van der Waals surface area contributed by atoms with Gasteiger partial charge < -0.3 is 4.57 Å². The predicted octanol–water partition coefficient (Wildman–Crippen LogP) is 4.38. The van der Waals surface area contributed by atoms with E-state index >= 15 is 0 Å². The zero-order valence-corrected chi connectivity index (χ0v) is 13.4. The molecule has 1 aliphatic carbocycles. The summed E-state index contributed by atoms with van der Waals surface area (Å²) in [7, 11) is 0. The Kier molecular flexibility index (Phi) is 4.14. The van der Waals surface area contributed by atoms with E-state index < -0.39 is 11.6 Å². The Labute approximate surface area is 131 Å². The van der Waals surface area contributed by atoms with Gasteiger partial charge in [0.2, 0.25) is 0 Å². The summed E-state index contributed by atoms with van der Waals surface area (Å²) in [6.07, 6.45) is 6.13. The summed E-state index contributed by atoms with van der Waals surface area (Å²) in [5.74, 6) is -0.0127. The lowest BCUT2D eigenvalue weighted by molar-refractivity contribution is 0.321. The van der Waals surface area contributed by atoms with Crippen LogP contribution in [0.4, 0.5) is 8.78 Å². The summed E-state index contributed by atoms with van der Waals surface area (Å²) in [5.41, 5.74) is 0.778. The largest absolute Gasteiger partial charge is 0.326 e. The smallest absolute Gasteiger partial charge is 0.153 e. The first kappa shape index (κ1) is 15.1. The second kappa shape index (κ2) is 5.76. The van der Waals surface area contributed by atoms with Crippen LogP contribution in [0, 0.1) is 11.6 Å². The summed E-state index contributed by atoms with van der Waals surface area (Å²) in [6, 6.07) is 2.26. The third kappa shape index (κ3) is 2.66. The van der Waals surface area contributed by atoms with Gasteiger partial charge in [0.15, 0.2) is 5.82 Å². The van der Waals surface area contributed by atoms with Crippen LogP contribution in [0.25, 0.3) is 11.0 Å². The summed E-state index contributed by atoms with van der Waals surface area (Å²) < 4.78 is 29.6. The molecule has 0 bridgehead atoms. The van der Waals surface area contributed by atoms with Crippen LogP contribution in [0.3, 0.4) is 0 Å². The zero-order valence-electron chi connectivity index (χ0n) is 11.8. The number of hydrogen-bond acceptors (Lipinski definition) is 2. The molecule has 0 radical (unpaired) electrons. The zero-order chi connectivity index (χ0) is 15.0. The summed E-state index contributed by atoms with van der Waals surface area (Å²) in [4.78, 5) is 4.35. The molecule has 0 N–H and O–H groups in total. The fourth-order valence-electron chi connectivity index (χ4n) is 2.94. The number of alkyl halides is 1. The third-order valence-corrected chi connectivity index (χ3v) is 5.91. The maximum absolute atomic E-state index is 13.9. The van der Waals surface area contributed by atoms with E-state index in [9.17, 15) is 8.78 Å². The van der Waals surface area contributed by atoms with Crippen LogP contribution in [0.2, 0.25) is 0 Å². The van der Waals surface area contributed by atoms with Gasteiger partial charge in [-0.2, -0.15) is 11.8 Å². The number of rotatable bonds is 5. The average molecular weight is 331 g/mol. The van der Waals surface area contributed by atoms with Gasteiger partial charge in [-0.3, -0.25) is 0 Å². The number of benzene rings is 1. The topological polar surface area (TPSA) is 17.8 Å². The predicted molar refractivity (Wildman–Crippen MR) is 84.2 cm³/mol. The molecule has 0 saturated heterocycles. The first-order chi connectivity index (χ1) is 10.1. The number of imidazole rings is 1. The molecule has 2 aromatic rings. The number of hydrogen-bond donors (Lipinski definition) is 0. The molecule has 1 aliphatic rings. The number of halogens is 3. The number of fused-ring (bicyclic) bond motifs is 1. The van der Waals surface area contributed by atoms with Crippen molar-refractivity contribution in [2.75, 3.05) is 12.1 Å². The first-order valence-electron chi connectivity index (χ1n) is 7.04. The van der Waals surface area contributed by atoms with Crippen molar-refractivity contribution in [2.24, 2.45) is 0 Å². The van der Waals surface area contributed by atoms with E-state index in [1.165, 1.54) is 12.5 Å². The quantitative estimate of drug-likeness (QED) is 0.757. The number of thioether (sulfide) groups is 1. The van der Waals surface area contributed by atoms with Crippen molar-refractivity contribution in [3.8, 4) is 0 Å². The van der Waals surface area contributed by atoms with Crippen molar-refractivity contribution in [1.29, 1.82) is 0 Å². The summed E-state index contributed by atoms with van der Waals surface area (Å²) >= 11 is 7.67. The Bertz CT molecular complexity index is 662.